The summed E-state index contributed by atoms with van der Waals surface area (Å²) in [7, 11) is 0. The van der Waals surface area contributed by atoms with Gasteiger partial charge in [-0.1, -0.05) is 12.1 Å². The average molecular weight is 405 g/mol. The zero-order valence-electron chi connectivity index (χ0n) is 17.4. The lowest BCUT2D eigenvalue weighted by Crippen LogP contribution is -2.49. The molecule has 0 bridgehead atoms. The Balaban J connectivity index is 1.21. The number of hydrogen-bond donors (Lipinski definition) is 1. The number of piperazine rings is 1. The van der Waals surface area contributed by atoms with Gasteiger partial charge >= 0.3 is 0 Å². The molecule has 1 atom stereocenters. The number of nitrogens with zero attached hydrogens (tertiary/aromatic N) is 3. The molecule has 0 radical (unpaired) electrons. The maximum atomic E-state index is 12.9. The molecule has 2 saturated heterocycles. The lowest BCUT2D eigenvalue weighted by atomic mass is 10.0. The van der Waals surface area contributed by atoms with Crippen LogP contribution in [0.5, 0.6) is 0 Å². The molecule has 1 aliphatic carbocycles. The second kappa shape index (κ2) is 7.74. The number of benzene rings is 1. The van der Waals surface area contributed by atoms with Crippen molar-refractivity contribution >= 4 is 17.5 Å². The maximum Gasteiger partial charge on any atom is 0.255 e. The number of carbonyl (C=O) groups excluding carboxylic acids is 2. The SMILES string of the molecule is Cc1cc(C2CC2)ccc1N1CCN(C(=O)c2ccc(C3CCNC3=O)nc2)CC1. The first-order chi connectivity index (χ1) is 14.6. The Morgan fingerprint density at radius 3 is 2.47 bits per heavy atom. The first-order valence-corrected chi connectivity index (χ1v) is 11.0. The predicted molar refractivity (Wildman–Crippen MR) is 116 cm³/mol. The maximum absolute atomic E-state index is 12.9. The molecular weight excluding hydrogens is 376 g/mol. The molecule has 2 aliphatic heterocycles. The topological polar surface area (TPSA) is 65.5 Å². The van der Waals surface area contributed by atoms with Crippen molar-refractivity contribution in [3.05, 3.63) is 58.9 Å². The molecule has 2 amide bonds. The molecule has 3 fully saturated rings. The van der Waals surface area contributed by atoms with Crippen LogP contribution in [-0.2, 0) is 4.79 Å². The van der Waals surface area contributed by atoms with Gasteiger partial charge in [0.15, 0.2) is 0 Å². The first kappa shape index (κ1) is 19.1. The van der Waals surface area contributed by atoms with Crippen LogP contribution in [0.4, 0.5) is 5.69 Å². The lowest BCUT2D eigenvalue weighted by molar-refractivity contribution is -0.120. The number of carbonyl (C=O) groups is 2. The van der Waals surface area contributed by atoms with Crippen LogP contribution in [0.2, 0.25) is 0 Å². The molecule has 1 N–H and O–H groups in total. The summed E-state index contributed by atoms with van der Waals surface area (Å²) in [5.41, 5.74) is 5.42. The number of aryl methyl sites for hydroxylation is 1. The highest BCUT2D eigenvalue weighted by Crippen LogP contribution is 2.41. The van der Waals surface area contributed by atoms with Crippen molar-refractivity contribution in [2.75, 3.05) is 37.6 Å². The number of hydrogen-bond acceptors (Lipinski definition) is 4. The van der Waals surface area contributed by atoms with Crippen LogP contribution in [0, 0.1) is 6.92 Å². The summed E-state index contributed by atoms with van der Waals surface area (Å²) in [6, 6.07) is 10.5. The van der Waals surface area contributed by atoms with Crippen LogP contribution in [0.25, 0.3) is 0 Å². The molecule has 1 saturated carbocycles. The van der Waals surface area contributed by atoms with Gasteiger partial charge in [0.1, 0.15) is 0 Å². The van der Waals surface area contributed by atoms with Gasteiger partial charge in [0.25, 0.3) is 5.91 Å². The van der Waals surface area contributed by atoms with E-state index in [0.29, 0.717) is 25.2 Å². The molecule has 3 aliphatic rings. The van der Waals surface area contributed by atoms with E-state index >= 15 is 0 Å². The molecule has 2 aromatic rings. The van der Waals surface area contributed by atoms with Gasteiger partial charge in [0.05, 0.1) is 17.2 Å². The van der Waals surface area contributed by atoms with E-state index in [1.807, 2.05) is 17.0 Å². The Morgan fingerprint density at radius 2 is 1.87 bits per heavy atom. The highest BCUT2D eigenvalue weighted by molar-refractivity contribution is 5.94. The third-order valence-electron chi connectivity index (χ3n) is 6.62. The number of pyridine rings is 1. The van der Waals surface area contributed by atoms with E-state index < -0.39 is 0 Å². The van der Waals surface area contributed by atoms with Crippen LogP contribution >= 0.6 is 0 Å². The van der Waals surface area contributed by atoms with Gasteiger partial charge in [-0.2, -0.15) is 0 Å². The number of rotatable bonds is 4. The fraction of sp³-hybridized carbons (Fsp3) is 0.458. The Labute approximate surface area is 177 Å². The Hall–Kier alpha value is -2.89. The highest BCUT2D eigenvalue weighted by Gasteiger charge is 2.28. The first-order valence-electron chi connectivity index (χ1n) is 11.0. The second-order valence-corrected chi connectivity index (χ2v) is 8.70. The zero-order chi connectivity index (χ0) is 20.7. The van der Waals surface area contributed by atoms with E-state index in [4.69, 9.17) is 0 Å². The summed E-state index contributed by atoms with van der Waals surface area (Å²) in [6.07, 6.45) is 5.03. The molecule has 5 rings (SSSR count). The molecular formula is C24H28N4O2. The molecule has 1 unspecified atom stereocenters. The molecule has 1 aromatic heterocycles. The summed E-state index contributed by atoms with van der Waals surface area (Å²) in [6.45, 7) is 5.96. The van der Waals surface area contributed by atoms with Crippen molar-refractivity contribution in [1.82, 2.24) is 15.2 Å². The molecule has 1 aromatic carbocycles. The lowest BCUT2D eigenvalue weighted by Gasteiger charge is -2.37. The number of amides is 2. The third kappa shape index (κ3) is 3.66. The summed E-state index contributed by atoms with van der Waals surface area (Å²) in [5.74, 6) is 0.631. The van der Waals surface area contributed by atoms with Crippen molar-refractivity contribution in [1.29, 1.82) is 0 Å². The van der Waals surface area contributed by atoms with Crippen LogP contribution in [0.3, 0.4) is 0 Å². The molecule has 30 heavy (non-hydrogen) atoms. The minimum atomic E-state index is -0.188. The van der Waals surface area contributed by atoms with Gasteiger partial charge in [-0.25, -0.2) is 0 Å². The highest BCUT2D eigenvalue weighted by atomic mass is 16.2. The second-order valence-electron chi connectivity index (χ2n) is 8.70. The normalized spacial score (nSPS) is 21.6. The largest absolute Gasteiger partial charge is 0.368 e. The summed E-state index contributed by atoms with van der Waals surface area (Å²) < 4.78 is 0. The van der Waals surface area contributed by atoms with Gasteiger partial charge in [0.2, 0.25) is 5.91 Å². The van der Waals surface area contributed by atoms with Crippen LogP contribution in [-0.4, -0.2) is 54.4 Å². The summed E-state index contributed by atoms with van der Waals surface area (Å²) in [4.78, 5) is 33.5. The van der Waals surface area contributed by atoms with Crippen LogP contribution < -0.4 is 10.2 Å². The quantitative estimate of drug-likeness (QED) is 0.851. The van der Waals surface area contributed by atoms with Crippen molar-refractivity contribution < 1.29 is 9.59 Å². The average Bonchev–Trinajstić information content (AvgIpc) is 3.54. The van der Waals surface area contributed by atoms with Gasteiger partial charge in [-0.05, 0) is 61.4 Å². The number of aromatic nitrogens is 1. The fourth-order valence-electron chi connectivity index (χ4n) is 4.65. The molecule has 6 nitrogen and oxygen atoms in total. The van der Waals surface area contributed by atoms with Crippen molar-refractivity contribution in [2.24, 2.45) is 0 Å². The van der Waals surface area contributed by atoms with E-state index in [1.165, 1.54) is 29.7 Å². The molecule has 3 heterocycles. The Bertz CT molecular complexity index is 960. The smallest absolute Gasteiger partial charge is 0.255 e. The van der Waals surface area contributed by atoms with E-state index in [2.05, 4.69) is 40.3 Å². The number of anilines is 1. The monoisotopic (exact) mass is 404 g/mol. The van der Waals surface area contributed by atoms with Gasteiger partial charge in [0, 0.05) is 44.6 Å². The van der Waals surface area contributed by atoms with Gasteiger partial charge in [-0.15, -0.1) is 0 Å². The van der Waals surface area contributed by atoms with Crippen LogP contribution in [0.1, 0.15) is 58.3 Å². The van der Waals surface area contributed by atoms with E-state index in [-0.39, 0.29) is 17.7 Å². The van der Waals surface area contributed by atoms with E-state index in [0.717, 1.165) is 31.1 Å². The molecule has 0 spiro atoms. The minimum Gasteiger partial charge on any atom is -0.368 e. The van der Waals surface area contributed by atoms with Crippen molar-refractivity contribution in [2.45, 2.75) is 38.0 Å². The summed E-state index contributed by atoms with van der Waals surface area (Å²) >= 11 is 0. The predicted octanol–water partition coefficient (Wildman–Crippen LogP) is 2.83. The molecule has 6 heteroatoms. The Morgan fingerprint density at radius 1 is 1.07 bits per heavy atom. The standard InChI is InChI=1S/C24H28N4O2/c1-16-14-18(17-2-3-17)5-7-22(16)27-10-12-28(13-11-27)24(30)19-4-6-21(26-15-19)20-8-9-25-23(20)29/h4-7,14-15,17,20H,2-3,8-13H2,1H3,(H,25,29). The Kier molecular flexibility index (Phi) is 4.93. The van der Waals surface area contributed by atoms with Crippen molar-refractivity contribution in [3.63, 3.8) is 0 Å². The number of nitrogens with one attached hydrogen (secondary N) is 1. The third-order valence-corrected chi connectivity index (χ3v) is 6.62. The van der Waals surface area contributed by atoms with Gasteiger partial charge in [-0.3, -0.25) is 14.6 Å². The molecule has 156 valence electrons. The summed E-state index contributed by atoms with van der Waals surface area (Å²) in [5, 5.41) is 2.83. The minimum absolute atomic E-state index is 0.0189. The van der Waals surface area contributed by atoms with E-state index in [1.54, 1.807) is 6.20 Å². The fourth-order valence-corrected chi connectivity index (χ4v) is 4.65. The van der Waals surface area contributed by atoms with Gasteiger partial charge < -0.3 is 15.1 Å². The van der Waals surface area contributed by atoms with E-state index in [9.17, 15) is 9.59 Å². The zero-order valence-corrected chi connectivity index (χ0v) is 17.4. The van der Waals surface area contributed by atoms with Crippen molar-refractivity contribution in [3.8, 4) is 0 Å². The van der Waals surface area contributed by atoms with Crippen LogP contribution in [0.15, 0.2) is 36.5 Å².